The third-order valence-electron chi connectivity index (χ3n) is 3.83. The molecule has 0 saturated carbocycles. The summed E-state index contributed by atoms with van der Waals surface area (Å²) in [6.45, 7) is 10.6. The largest absolute Gasteiger partial charge is 0.432 e. The maximum atomic E-state index is 5.72. The van der Waals surface area contributed by atoms with Gasteiger partial charge in [-0.2, -0.15) is 4.98 Å². The van der Waals surface area contributed by atoms with E-state index < -0.39 is 0 Å². The molecule has 0 bridgehead atoms. The number of nitrogens with zero attached hydrogens (tertiary/aromatic N) is 2. The molecule has 2 rings (SSSR count). The number of hydrogen-bond acceptors (Lipinski definition) is 4. The fourth-order valence-electron chi connectivity index (χ4n) is 2.75. The van der Waals surface area contributed by atoms with Crippen molar-refractivity contribution in [1.82, 2.24) is 10.3 Å². The first kappa shape index (κ1) is 15.4. The van der Waals surface area contributed by atoms with Crippen LogP contribution in [-0.4, -0.2) is 23.1 Å². The van der Waals surface area contributed by atoms with Crippen molar-refractivity contribution in [3.8, 4) is 0 Å². The highest BCUT2D eigenvalue weighted by atomic mass is 16.4. The minimum Gasteiger partial charge on any atom is -0.432 e. The Kier molecular flexibility index (Phi) is 5.08. The summed E-state index contributed by atoms with van der Waals surface area (Å²) in [5.74, 6) is 0. The highest BCUT2D eigenvalue weighted by molar-refractivity contribution is 5.30. The van der Waals surface area contributed by atoms with Gasteiger partial charge in [0.15, 0.2) is 0 Å². The van der Waals surface area contributed by atoms with Gasteiger partial charge in [-0.1, -0.05) is 13.3 Å². The molecule has 1 saturated heterocycles. The quantitative estimate of drug-likeness (QED) is 0.892. The minimum absolute atomic E-state index is 0.106. The average molecular weight is 279 g/mol. The molecule has 1 atom stereocenters. The Morgan fingerprint density at radius 1 is 1.40 bits per heavy atom. The van der Waals surface area contributed by atoms with Gasteiger partial charge in [-0.05, 0) is 46.5 Å². The van der Waals surface area contributed by atoms with Crippen LogP contribution in [0.1, 0.15) is 65.5 Å². The molecule has 2 heterocycles. The molecule has 4 nitrogen and oxygen atoms in total. The molecule has 114 valence electrons. The molecular formula is C16H29N3O. The Bertz CT molecular complexity index is 406. The van der Waals surface area contributed by atoms with Crippen LogP contribution in [0.3, 0.4) is 0 Å². The van der Waals surface area contributed by atoms with Crippen LogP contribution >= 0.6 is 0 Å². The Hall–Kier alpha value is -1.03. The summed E-state index contributed by atoms with van der Waals surface area (Å²) in [7, 11) is 0. The molecule has 1 aromatic rings. The lowest BCUT2D eigenvalue weighted by molar-refractivity contribution is 0.399. The van der Waals surface area contributed by atoms with Crippen LogP contribution in [-0.2, 0) is 6.54 Å². The van der Waals surface area contributed by atoms with Gasteiger partial charge in [-0.3, -0.25) is 0 Å². The van der Waals surface area contributed by atoms with E-state index in [9.17, 15) is 0 Å². The summed E-state index contributed by atoms with van der Waals surface area (Å²) >= 11 is 0. The fourth-order valence-corrected chi connectivity index (χ4v) is 2.75. The SMILES string of the molecule is CCCC1CCCCN1c1nc(CNC(C)(C)C)co1. The zero-order valence-corrected chi connectivity index (χ0v) is 13.4. The Labute approximate surface area is 122 Å². The van der Waals surface area contributed by atoms with Gasteiger partial charge in [0.25, 0.3) is 6.01 Å². The summed E-state index contributed by atoms with van der Waals surface area (Å²) in [6, 6.07) is 1.42. The van der Waals surface area contributed by atoms with Crippen LogP contribution in [0.25, 0.3) is 0 Å². The van der Waals surface area contributed by atoms with Crippen LogP contribution in [0, 0.1) is 0 Å². The van der Waals surface area contributed by atoms with Crippen molar-refractivity contribution in [2.45, 2.75) is 77.9 Å². The Morgan fingerprint density at radius 3 is 2.90 bits per heavy atom. The average Bonchev–Trinajstić information content (AvgIpc) is 2.85. The standard InChI is InChI=1S/C16H29N3O/c1-5-8-14-9-6-7-10-19(14)15-18-13(12-20-15)11-17-16(2,3)4/h12,14,17H,5-11H2,1-4H3. The lowest BCUT2D eigenvalue weighted by Gasteiger charge is -2.34. The number of hydrogen-bond donors (Lipinski definition) is 1. The number of aromatic nitrogens is 1. The van der Waals surface area contributed by atoms with E-state index >= 15 is 0 Å². The normalized spacial score (nSPS) is 20.4. The summed E-state index contributed by atoms with van der Waals surface area (Å²) in [5, 5.41) is 3.45. The molecule has 0 radical (unpaired) electrons. The first-order valence-electron chi connectivity index (χ1n) is 7.95. The van der Waals surface area contributed by atoms with E-state index in [0.717, 1.165) is 24.8 Å². The lowest BCUT2D eigenvalue weighted by atomic mass is 9.99. The van der Waals surface area contributed by atoms with Gasteiger partial charge in [0.05, 0.1) is 5.69 Å². The number of oxazole rings is 1. The molecule has 4 heteroatoms. The van der Waals surface area contributed by atoms with Gasteiger partial charge in [-0.25, -0.2) is 0 Å². The summed E-state index contributed by atoms with van der Waals surface area (Å²) < 4.78 is 5.72. The molecule has 1 aliphatic heterocycles. The molecule has 0 aliphatic carbocycles. The third-order valence-corrected chi connectivity index (χ3v) is 3.83. The second-order valence-electron chi connectivity index (χ2n) is 6.86. The molecule has 0 aromatic carbocycles. The molecule has 1 unspecified atom stereocenters. The van der Waals surface area contributed by atoms with Gasteiger partial charge in [0.2, 0.25) is 0 Å². The van der Waals surface area contributed by atoms with Gasteiger partial charge >= 0.3 is 0 Å². The molecule has 1 aromatic heterocycles. The third kappa shape index (κ3) is 4.23. The summed E-state index contributed by atoms with van der Waals surface area (Å²) in [4.78, 5) is 7.03. The molecule has 1 N–H and O–H groups in total. The molecule has 0 amide bonds. The van der Waals surface area contributed by atoms with Crippen LogP contribution in [0.2, 0.25) is 0 Å². The Balaban J connectivity index is 1.99. The van der Waals surface area contributed by atoms with Crippen molar-refractivity contribution in [3.63, 3.8) is 0 Å². The second-order valence-corrected chi connectivity index (χ2v) is 6.86. The van der Waals surface area contributed by atoms with Crippen LogP contribution in [0.5, 0.6) is 0 Å². The summed E-state index contributed by atoms with van der Waals surface area (Å²) in [5.41, 5.74) is 1.10. The number of nitrogens with one attached hydrogen (secondary N) is 1. The van der Waals surface area contributed by atoms with E-state index in [4.69, 9.17) is 4.42 Å². The number of anilines is 1. The molecular weight excluding hydrogens is 250 g/mol. The van der Waals surface area contributed by atoms with Crippen LogP contribution in [0.4, 0.5) is 6.01 Å². The van der Waals surface area contributed by atoms with Gasteiger partial charge < -0.3 is 14.6 Å². The molecule has 1 aliphatic rings. The van der Waals surface area contributed by atoms with Gasteiger partial charge in [0.1, 0.15) is 6.26 Å². The van der Waals surface area contributed by atoms with E-state index in [0.29, 0.717) is 6.04 Å². The fraction of sp³-hybridized carbons (Fsp3) is 0.812. The second kappa shape index (κ2) is 6.61. The van der Waals surface area contributed by atoms with E-state index in [1.54, 1.807) is 6.26 Å². The first-order valence-corrected chi connectivity index (χ1v) is 7.95. The zero-order valence-electron chi connectivity index (χ0n) is 13.4. The predicted molar refractivity (Wildman–Crippen MR) is 83.0 cm³/mol. The van der Waals surface area contributed by atoms with Crippen molar-refractivity contribution >= 4 is 6.01 Å². The lowest BCUT2D eigenvalue weighted by Crippen LogP contribution is -2.39. The van der Waals surface area contributed by atoms with Gasteiger partial charge in [0, 0.05) is 24.7 Å². The van der Waals surface area contributed by atoms with Crippen LogP contribution in [0.15, 0.2) is 10.7 Å². The number of piperidine rings is 1. The monoisotopic (exact) mass is 279 g/mol. The van der Waals surface area contributed by atoms with E-state index in [2.05, 4.69) is 42.9 Å². The molecule has 0 spiro atoms. The Morgan fingerprint density at radius 2 is 2.20 bits per heavy atom. The topological polar surface area (TPSA) is 41.3 Å². The van der Waals surface area contributed by atoms with Gasteiger partial charge in [-0.15, -0.1) is 0 Å². The minimum atomic E-state index is 0.106. The maximum Gasteiger partial charge on any atom is 0.297 e. The zero-order chi connectivity index (χ0) is 14.6. The van der Waals surface area contributed by atoms with E-state index in [1.165, 1.54) is 32.1 Å². The van der Waals surface area contributed by atoms with E-state index in [-0.39, 0.29) is 5.54 Å². The highest BCUT2D eigenvalue weighted by Gasteiger charge is 2.25. The van der Waals surface area contributed by atoms with E-state index in [1.807, 2.05) is 0 Å². The smallest absolute Gasteiger partial charge is 0.297 e. The van der Waals surface area contributed by atoms with Crippen LogP contribution < -0.4 is 10.2 Å². The maximum absolute atomic E-state index is 5.72. The summed E-state index contributed by atoms with van der Waals surface area (Å²) in [6.07, 6.45) is 8.11. The molecule has 20 heavy (non-hydrogen) atoms. The predicted octanol–water partition coefficient (Wildman–Crippen LogP) is 3.72. The molecule has 1 fully saturated rings. The van der Waals surface area contributed by atoms with Crippen molar-refractivity contribution in [1.29, 1.82) is 0 Å². The van der Waals surface area contributed by atoms with Crippen molar-refractivity contribution < 1.29 is 4.42 Å². The number of rotatable bonds is 5. The van der Waals surface area contributed by atoms with Crippen molar-refractivity contribution in [3.05, 3.63) is 12.0 Å². The highest BCUT2D eigenvalue weighted by Crippen LogP contribution is 2.26. The van der Waals surface area contributed by atoms with Crippen molar-refractivity contribution in [2.24, 2.45) is 0 Å². The van der Waals surface area contributed by atoms with Crippen molar-refractivity contribution in [2.75, 3.05) is 11.4 Å². The first-order chi connectivity index (χ1) is 9.49.